The van der Waals surface area contributed by atoms with Crippen LogP contribution in [0, 0.1) is 10.1 Å². The van der Waals surface area contributed by atoms with Crippen LogP contribution in [0.25, 0.3) is 0 Å². The van der Waals surface area contributed by atoms with Crippen LogP contribution >= 0.6 is 11.6 Å². The molecule has 23 heavy (non-hydrogen) atoms. The molecule has 0 saturated heterocycles. The van der Waals surface area contributed by atoms with Crippen molar-refractivity contribution >= 4 is 23.2 Å². The van der Waals surface area contributed by atoms with Gasteiger partial charge in [-0.3, -0.25) is 14.9 Å². The molecule has 120 valence electrons. The van der Waals surface area contributed by atoms with E-state index in [2.05, 4.69) is 5.32 Å². The number of carbonyl (C=O) groups excluding carboxylic acids is 1. The van der Waals surface area contributed by atoms with E-state index in [1.165, 1.54) is 18.2 Å². The third kappa shape index (κ3) is 4.43. The van der Waals surface area contributed by atoms with Gasteiger partial charge in [0.15, 0.2) is 5.75 Å². The average molecular weight is 335 g/mol. The maximum atomic E-state index is 12.1. The molecule has 6 nitrogen and oxygen atoms in total. The SMILES string of the molecule is CCOc1ccc(C(=O)NCc2cccc(Cl)c2)cc1[N+](=O)[O-]. The van der Waals surface area contributed by atoms with Crippen LogP contribution in [0.1, 0.15) is 22.8 Å². The van der Waals surface area contributed by atoms with E-state index in [-0.39, 0.29) is 23.5 Å². The maximum Gasteiger partial charge on any atom is 0.311 e. The lowest BCUT2D eigenvalue weighted by Crippen LogP contribution is -2.22. The first kappa shape index (κ1) is 16.8. The molecule has 0 heterocycles. The van der Waals surface area contributed by atoms with Crippen LogP contribution in [-0.2, 0) is 6.54 Å². The quantitative estimate of drug-likeness (QED) is 0.646. The fraction of sp³-hybridized carbons (Fsp3) is 0.188. The number of nitrogens with zero attached hydrogens (tertiary/aromatic N) is 1. The Morgan fingerprint density at radius 1 is 1.30 bits per heavy atom. The van der Waals surface area contributed by atoms with Crippen molar-refractivity contribution in [1.29, 1.82) is 0 Å². The second-order valence-electron chi connectivity index (χ2n) is 4.69. The topological polar surface area (TPSA) is 81.5 Å². The lowest BCUT2D eigenvalue weighted by Gasteiger charge is -2.08. The molecule has 0 saturated carbocycles. The summed E-state index contributed by atoms with van der Waals surface area (Å²) in [6.07, 6.45) is 0. The highest BCUT2D eigenvalue weighted by atomic mass is 35.5. The van der Waals surface area contributed by atoms with Crippen LogP contribution in [0.3, 0.4) is 0 Å². The Morgan fingerprint density at radius 2 is 2.09 bits per heavy atom. The molecule has 0 aliphatic carbocycles. The van der Waals surface area contributed by atoms with Crippen molar-refractivity contribution in [3.63, 3.8) is 0 Å². The van der Waals surface area contributed by atoms with Crippen molar-refractivity contribution in [3.05, 3.63) is 68.7 Å². The molecule has 2 rings (SSSR count). The first-order valence-corrected chi connectivity index (χ1v) is 7.33. The van der Waals surface area contributed by atoms with Crippen LogP contribution in [0.5, 0.6) is 5.75 Å². The molecule has 0 unspecified atom stereocenters. The van der Waals surface area contributed by atoms with Crippen molar-refractivity contribution in [2.75, 3.05) is 6.61 Å². The molecule has 0 aliphatic heterocycles. The van der Waals surface area contributed by atoms with Crippen LogP contribution in [-0.4, -0.2) is 17.4 Å². The number of nitro groups is 1. The summed E-state index contributed by atoms with van der Waals surface area (Å²) in [5, 5.41) is 14.3. The maximum absolute atomic E-state index is 12.1. The number of nitro benzene ring substituents is 1. The molecular formula is C16H15ClN2O4. The van der Waals surface area contributed by atoms with E-state index in [4.69, 9.17) is 16.3 Å². The second-order valence-corrected chi connectivity index (χ2v) is 5.12. The first-order valence-electron chi connectivity index (χ1n) is 6.95. The standard InChI is InChI=1S/C16H15ClN2O4/c1-2-23-15-7-6-12(9-14(15)19(21)22)16(20)18-10-11-4-3-5-13(17)8-11/h3-9H,2,10H2,1H3,(H,18,20). The van der Waals surface area contributed by atoms with Gasteiger partial charge in [-0.1, -0.05) is 23.7 Å². The van der Waals surface area contributed by atoms with Crippen molar-refractivity contribution in [1.82, 2.24) is 5.32 Å². The normalized spacial score (nSPS) is 10.2. The number of nitrogens with one attached hydrogen (secondary N) is 1. The van der Waals surface area contributed by atoms with E-state index in [1.807, 2.05) is 6.07 Å². The molecule has 7 heteroatoms. The minimum Gasteiger partial charge on any atom is -0.487 e. The zero-order chi connectivity index (χ0) is 16.8. The lowest BCUT2D eigenvalue weighted by atomic mass is 10.1. The Balaban J connectivity index is 2.13. The molecule has 0 radical (unpaired) electrons. The van der Waals surface area contributed by atoms with E-state index in [0.717, 1.165) is 5.56 Å². The van der Waals surface area contributed by atoms with E-state index in [1.54, 1.807) is 25.1 Å². The Hall–Kier alpha value is -2.60. The summed E-state index contributed by atoms with van der Waals surface area (Å²) in [7, 11) is 0. The molecule has 0 aliphatic rings. The van der Waals surface area contributed by atoms with Gasteiger partial charge in [-0.15, -0.1) is 0 Å². The highest BCUT2D eigenvalue weighted by Gasteiger charge is 2.18. The minimum absolute atomic E-state index is 0.142. The van der Waals surface area contributed by atoms with Crippen LogP contribution in [0.4, 0.5) is 5.69 Å². The summed E-state index contributed by atoms with van der Waals surface area (Å²) >= 11 is 5.88. The van der Waals surface area contributed by atoms with Gasteiger partial charge in [0.1, 0.15) is 0 Å². The number of amides is 1. The fourth-order valence-corrected chi connectivity index (χ4v) is 2.22. The number of hydrogen-bond donors (Lipinski definition) is 1. The third-order valence-corrected chi connectivity index (χ3v) is 3.29. The molecule has 1 amide bonds. The number of halogens is 1. The summed E-state index contributed by atoms with van der Waals surface area (Å²) in [6, 6.07) is 11.2. The third-order valence-electron chi connectivity index (χ3n) is 3.06. The van der Waals surface area contributed by atoms with Gasteiger partial charge in [-0.05, 0) is 36.8 Å². The predicted octanol–water partition coefficient (Wildman–Crippen LogP) is 3.58. The van der Waals surface area contributed by atoms with Gasteiger partial charge in [0.25, 0.3) is 5.91 Å². The molecule has 0 fully saturated rings. The Labute approximate surface area is 138 Å². The monoisotopic (exact) mass is 334 g/mol. The highest BCUT2D eigenvalue weighted by Crippen LogP contribution is 2.28. The van der Waals surface area contributed by atoms with Gasteiger partial charge < -0.3 is 10.1 Å². The molecule has 1 N–H and O–H groups in total. The number of carbonyl (C=O) groups is 1. The summed E-state index contributed by atoms with van der Waals surface area (Å²) < 4.78 is 5.19. The zero-order valence-electron chi connectivity index (χ0n) is 12.4. The molecule has 0 aromatic heterocycles. The predicted molar refractivity (Wildman–Crippen MR) is 86.9 cm³/mol. The van der Waals surface area contributed by atoms with Gasteiger partial charge in [-0.25, -0.2) is 0 Å². The average Bonchev–Trinajstić information content (AvgIpc) is 2.53. The van der Waals surface area contributed by atoms with Gasteiger partial charge in [0.05, 0.1) is 11.5 Å². The van der Waals surface area contributed by atoms with Crippen molar-refractivity contribution in [2.45, 2.75) is 13.5 Å². The Bertz CT molecular complexity index is 734. The Kier molecular flexibility index (Phi) is 5.54. The summed E-state index contributed by atoms with van der Waals surface area (Å²) in [5.74, 6) is -0.264. The minimum atomic E-state index is -0.571. The van der Waals surface area contributed by atoms with Crippen LogP contribution in [0.15, 0.2) is 42.5 Å². The number of ether oxygens (including phenoxy) is 1. The van der Waals surface area contributed by atoms with Gasteiger partial charge in [-0.2, -0.15) is 0 Å². The first-order chi connectivity index (χ1) is 11.0. The second kappa shape index (κ2) is 7.60. The van der Waals surface area contributed by atoms with Crippen molar-refractivity contribution in [2.24, 2.45) is 0 Å². The summed E-state index contributed by atoms with van der Waals surface area (Å²) in [5.41, 5.74) is 0.802. The van der Waals surface area contributed by atoms with E-state index in [0.29, 0.717) is 11.6 Å². The van der Waals surface area contributed by atoms with Gasteiger partial charge in [0.2, 0.25) is 0 Å². The van der Waals surface area contributed by atoms with Crippen LogP contribution < -0.4 is 10.1 Å². The van der Waals surface area contributed by atoms with E-state index < -0.39 is 10.8 Å². The molecule has 2 aromatic rings. The molecular weight excluding hydrogens is 320 g/mol. The zero-order valence-corrected chi connectivity index (χ0v) is 13.2. The summed E-state index contributed by atoms with van der Waals surface area (Å²) in [4.78, 5) is 22.6. The smallest absolute Gasteiger partial charge is 0.311 e. The highest BCUT2D eigenvalue weighted by molar-refractivity contribution is 6.30. The van der Waals surface area contributed by atoms with E-state index in [9.17, 15) is 14.9 Å². The number of rotatable bonds is 6. The fourth-order valence-electron chi connectivity index (χ4n) is 2.01. The van der Waals surface area contributed by atoms with Crippen molar-refractivity contribution < 1.29 is 14.5 Å². The summed E-state index contributed by atoms with van der Waals surface area (Å²) in [6.45, 7) is 2.32. The molecule has 0 spiro atoms. The Morgan fingerprint density at radius 3 is 2.74 bits per heavy atom. The number of hydrogen-bond acceptors (Lipinski definition) is 4. The van der Waals surface area contributed by atoms with Gasteiger partial charge >= 0.3 is 5.69 Å². The van der Waals surface area contributed by atoms with Crippen LogP contribution in [0.2, 0.25) is 5.02 Å². The largest absolute Gasteiger partial charge is 0.487 e. The van der Waals surface area contributed by atoms with Gasteiger partial charge in [0, 0.05) is 23.2 Å². The molecule has 2 aromatic carbocycles. The molecule has 0 bridgehead atoms. The van der Waals surface area contributed by atoms with E-state index >= 15 is 0 Å². The van der Waals surface area contributed by atoms with Crippen molar-refractivity contribution in [3.8, 4) is 5.75 Å². The lowest BCUT2D eigenvalue weighted by molar-refractivity contribution is -0.385. The number of benzene rings is 2. The molecule has 0 atom stereocenters.